The molecule has 0 radical (unpaired) electrons. The number of hydrogen-bond acceptors (Lipinski definition) is 4. The normalized spacial score (nSPS) is 27.7. The topological polar surface area (TPSA) is 86.7 Å². The number of carboxylic acids is 1. The summed E-state index contributed by atoms with van der Waals surface area (Å²) >= 11 is 1.41. The molecule has 0 aliphatic carbocycles. The second-order valence-electron chi connectivity index (χ2n) is 6.33. The number of β-lactam (4-membered cyclic amide) rings is 1. The van der Waals surface area contributed by atoms with Crippen LogP contribution in [0.15, 0.2) is 36.4 Å². The molecule has 2 N–H and O–H groups in total. The monoisotopic (exact) mass is 346 g/mol. The third-order valence-corrected chi connectivity index (χ3v) is 5.77. The molecule has 2 aliphatic heterocycles. The molecule has 0 spiro atoms. The zero-order valence-electron chi connectivity index (χ0n) is 13.3. The average Bonchev–Trinajstić information content (AvgIpc) is 2.80. The highest BCUT2D eigenvalue weighted by Gasteiger charge is 2.64. The van der Waals surface area contributed by atoms with Gasteiger partial charge < -0.3 is 15.3 Å². The molecule has 2 fully saturated rings. The Labute approximate surface area is 143 Å². The number of nitrogens with one attached hydrogen (secondary N) is 1. The van der Waals surface area contributed by atoms with Crippen LogP contribution in [-0.2, 0) is 14.4 Å². The van der Waals surface area contributed by atoms with Crippen LogP contribution in [0.5, 0.6) is 0 Å². The Bertz CT molecular complexity index is 717. The first kappa shape index (κ1) is 16.6. The van der Waals surface area contributed by atoms with Gasteiger partial charge in [-0.05, 0) is 25.5 Å². The number of carboxylic acid groups (broad SMARTS) is 1. The molecule has 2 aliphatic rings. The summed E-state index contributed by atoms with van der Waals surface area (Å²) in [7, 11) is 0. The predicted octanol–water partition coefficient (Wildman–Crippen LogP) is 1.33. The molecule has 7 heteroatoms. The molecule has 3 atom stereocenters. The highest BCUT2D eigenvalue weighted by Crippen LogP contribution is 2.50. The van der Waals surface area contributed by atoms with Crippen molar-refractivity contribution in [1.82, 2.24) is 10.2 Å². The molecular formula is C17H18N2O4S. The predicted molar refractivity (Wildman–Crippen MR) is 91.1 cm³/mol. The number of benzene rings is 1. The van der Waals surface area contributed by atoms with E-state index in [4.69, 9.17) is 0 Å². The van der Waals surface area contributed by atoms with Crippen molar-refractivity contribution in [2.24, 2.45) is 0 Å². The SMILES string of the molecule is CC1(C)S[C@@H]2[C@H](NC(=O)/C=C/c3ccccc3)C(=O)N2[C@H]1C(=O)O. The fraction of sp³-hybridized carbons (Fsp3) is 0.353. The maximum absolute atomic E-state index is 12.3. The van der Waals surface area contributed by atoms with Crippen LogP contribution in [0.25, 0.3) is 6.08 Å². The van der Waals surface area contributed by atoms with Crippen molar-refractivity contribution in [1.29, 1.82) is 0 Å². The van der Waals surface area contributed by atoms with Gasteiger partial charge in [-0.1, -0.05) is 30.3 Å². The minimum absolute atomic E-state index is 0.331. The van der Waals surface area contributed by atoms with Crippen molar-refractivity contribution in [3.8, 4) is 0 Å². The maximum atomic E-state index is 12.3. The van der Waals surface area contributed by atoms with Crippen LogP contribution in [0.2, 0.25) is 0 Å². The summed E-state index contributed by atoms with van der Waals surface area (Å²) in [6.45, 7) is 3.60. The van der Waals surface area contributed by atoms with E-state index < -0.39 is 22.8 Å². The third-order valence-electron chi connectivity index (χ3n) is 4.20. The summed E-state index contributed by atoms with van der Waals surface area (Å²) in [4.78, 5) is 37.1. The second-order valence-corrected chi connectivity index (χ2v) is 8.10. The van der Waals surface area contributed by atoms with Crippen LogP contribution >= 0.6 is 11.8 Å². The smallest absolute Gasteiger partial charge is 0.327 e. The molecule has 6 nitrogen and oxygen atoms in total. The largest absolute Gasteiger partial charge is 0.480 e. The lowest BCUT2D eigenvalue weighted by atomic mass is 9.96. The number of rotatable bonds is 4. The Morgan fingerprint density at radius 1 is 1.29 bits per heavy atom. The Hall–Kier alpha value is -2.28. The van der Waals surface area contributed by atoms with Gasteiger partial charge in [0.1, 0.15) is 17.5 Å². The molecule has 24 heavy (non-hydrogen) atoms. The number of fused-ring (bicyclic) bond motifs is 1. The maximum Gasteiger partial charge on any atom is 0.327 e. The Morgan fingerprint density at radius 3 is 2.58 bits per heavy atom. The fourth-order valence-corrected chi connectivity index (χ4v) is 4.71. The third kappa shape index (κ3) is 2.80. The fourth-order valence-electron chi connectivity index (χ4n) is 3.08. The molecule has 2 saturated heterocycles. The van der Waals surface area contributed by atoms with E-state index in [1.807, 2.05) is 30.3 Å². The van der Waals surface area contributed by atoms with Crippen molar-refractivity contribution in [3.63, 3.8) is 0 Å². The molecule has 1 aromatic rings. The zero-order chi connectivity index (χ0) is 17.5. The van der Waals surface area contributed by atoms with Crippen molar-refractivity contribution >= 4 is 35.6 Å². The molecule has 3 rings (SSSR count). The van der Waals surface area contributed by atoms with Gasteiger partial charge in [0.05, 0.1) is 0 Å². The lowest BCUT2D eigenvalue weighted by Gasteiger charge is -2.43. The first-order valence-electron chi connectivity index (χ1n) is 7.58. The quantitative estimate of drug-likeness (QED) is 0.634. The van der Waals surface area contributed by atoms with E-state index in [1.54, 1.807) is 19.9 Å². The van der Waals surface area contributed by atoms with Gasteiger partial charge in [-0.25, -0.2) is 4.79 Å². The molecular weight excluding hydrogens is 328 g/mol. The number of amides is 2. The second kappa shape index (κ2) is 5.98. The molecule has 1 aromatic carbocycles. The molecule has 0 bridgehead atoms. The molecule has 2 heterocycles. The molecule has 126 valence electrons. The highest BCUT2D eigenvalue weighted by atomic mass is 32.2. The molecule has 0 saturated carbocycles. The Morgan fingerprint density at radius 2 is 1.96 bits per heavy atom. The first-order chi connectivity index (χ1) is 11.3. The standard InChI is InChI=1S/C17H18N2O4S/c1-17(2)13(16(22)23)19-14(21)12(15(19)24-17)18-11(20)9-8-10-6-4-3-5-7-10/h3-9,12-13,15H,1-2H3,(H,18,20)(H,22,23)/b9-8+/t12-,13+,15-/m1/s1. The van der Waals surface area contributed by atoms with Crippen molar-refractivity contribution in [2.75, 3.05) is 0 Å². The number of carbonyl (C=O) groups is 3. The van der Waals surface area contributed by atoms with Gasteiger partial charge in [0.2, 0.25) is 11.8 Å². The van der Waals surface area contributed by atoms with Crippen LogP contribution in [-0.4, -0.2) is 50.0 Å². The summed E-state index contributed by atoms with van der Waals surface area (Å²) < 4.78 is -0.592. The van der Waals surface area contributed by atoms with Crippen LogP contribution in [0, 0.1) is 0 Å². The van der Waals surface area contributed by atoms with Gasteiger partial charge in [-0.15, -0.1) is 11.8 Å². The van der Waals surface area contributed by atoms with Crippen LogP contribution in [0.3, 0.4) is 0 Å². The highest BCUT2D eigenvalue weighted by molar-refractivity contribution is 8.01. The van der Waals surface area contributed by atoms with Gasteiger partial charge in [0, 0.05) is 10.8 Å². The Balaban J connectivity index is 1.66. The summed E-state index contributed by atoms with van der Waals surface area (Å²) in [6, 6.07) is 7.82. The summed E-state index contributed by atoms with van der Waals surface area (Å²) in [5, 5.41) is 11.7. The summed E-state index contributed by atoms with van der Waals surface area (Å²) in [5.74, 6) is -1.72. The number of carbonyl (C=O) groups excluding carboxylic acids is 2. The van der Waals surface area contributed by atoms with E-state index in [1.165, 1.54) is 22.7 Å². The van der Waals surface area contributed by atoms with Gasteiger partial charge >= 0.3 is 5.97 Å². The van der Waals surface area contributed by atoms with Crippen LogP contribution < -0.4 is 5.32 Å². The minimum Gasteiger partial charge on any atom is -0.480 e. The van der Waals surface area contributed by atoms with Gasteiger partial charge in [-0.2, -0.15) is 0 Å². The lowest BCUT2D eigenvalue weighted by Crippen LogP contribution is -2.70. The van der Waals surface area contributed by atoms with Crippen molar-refractivity contribution in [3.05, 3.63) is 42.0 Å². The summed E-state index contributed by atoms with van der Waals surface area (Å²) in [5.41, 5.74) is 0.886. The number of hydrogen-bond donors (Lipinski definition) is 2. The molecule has 0 unspecified atom stereocenters. The van der Waals surface area contributed by atoms with Crippen LogP contribution in [0.1, 0.15) is 19.4 Å². The summed E-state index contributed by atoms with van der Waals surface area (Å²) in [6.07, 6.45) is 3.05. The van der Waals surface area contributed by atoms with Gasteiger partial charge in [-0.3, -0.25) is 9.59 Å². The minimum atomic E-state index is -1.02. The van der Waals surface area contributed by atoms with Gasteiger partial charge in [0.15, 0.2) is 0 Å². The Kier molecular flexibility index (Phi) is 4.13. The molecule has 2 amide bonds. The lowest BCUT2D eigenvalue weighted by molar-refractivity contribution is -0.160. The van der Waals surface area contributed by atoms with E-state index in [0.29, 0.717) is 0 Å². The van der Waals surface area contributed by atoms with E-state index in [-0.39, 0.29) is 17.2 Å². The van der Waals surface area contributed by atoms with Gasteiger partial charge in [0.25, 0.3) is 0 Å². The number of aliphatic carboxylic acids is 1. The van der Waals surface area contributed by atoms with E-state index in [9.17, 15) is 19.5 Å². The van der Waals surface area contributed by atoms with E-state index in [0.717, 1.165) is 5.56 Å². The van der Waals surface area contributed by atoms with Crippen molar-refractivity contribution < 1.29 is 19.5 Å². The zero-order valence-corrected chi connectivity index (χ0v) is 14.1. The van der Waals surface area contributed by atoms with Crippen molar-refractivity contribution in [2.45, 2.75) is 36.1 Å². The first-order valence-corrected chi connectivity index (χ1v) is 8.45. The van der Waals surface area contributed by atoms with E-state index >= 15 is 0 Å². The number of nitrogens with zero attached hydrogens (tertiary/aromatic N) is 1. The van der Waals surface area contributed by atoms with E-state index in [2.05, 4.69) is 5.32 Å². The average molecular weight is 346 g/mol. The molecule has 0 aromatic heterocycles. The number of thioether (sulfide) groups is 1. The van der Waals surface area contributed by atoms with Crippen LogP contribution in [0.4, 0.5) is 0 Å².